The van der Waals surface area contributed by atoms with Gasteiger partial charge in [-0.2, -0.15) is 0 Å². The lowest BCUT2D eigenvalue weighted by Crippen LogP contribution is -2.34. The van der Waals surface area contributed by atoms with Gasteiger partial charge >= 0.3 is 5.97 Å². The molecule has 3 heteroatoms. The van der Waals surface area contributed by atoms with E-state index in [2.05, 4.69) is 0 Å². The zero-order valence-corrected chi connectivity index (χ0v) is 6.08. The van der Waals surface area contributed by atoms with Gasteiger partial charge in [0.15, 0.2) is 0 Å². The third-order valence-corrected chi connectivity index (χ3v) is 2.37. The minimum Gasteiger partial charge on any atom is -0.481 e. The van der Waals surface area contributed by atoms with Crippen LogP contribution in [0.5, 0.6) is 0 Å². The van der Waals surface area contributed by atoms with Crippen LogP contribution in [0.2, 0.25) is 0 Å². The summed E-state index contributed by atoms with van der Waals surface area (Å²) >= 11 is 0. The Hall–Kier alpha value is -0.570. The topological polar surface area (TPSA) is 63.3 Å². The van der Waals surface area contributed by atoms with E-state index in [0.717, 1.165) is 12.8 Å². The van der Waals surface area contributed by atoms with Gasteiger partial charge in [0.1, 0.15) is 0 Å². The quantitative estimate of drug-likeness (QED) is 0.560. The molecule has 0 spiro atoms. The van der Waals surface area contributed by atoms with Crippen molar-refractivity contribution in [2.45, 2.75) is 25.8 Å². The Morgan fingerprint density at radius 3 is 2.40 bits per heavy atom. The smallest absolute Gasteiger partial charge is 0.308 e. The molecule has 0 aromatic rings. The van der Waals surface area contributed by atoms with Crippen molar-refractivity contribution in [3.8, 4) is 0 Å². The van der Waals surface area contributed by atoms with Crippen LogP contribution in [0.25, 0.3) is 0 Å². The first-order chi connectivity index (χ1) is 4.63. The number of hydrogen-bond donors (Lipinski definition) is 2. The van der Waals surface area contributed by atoms with Gasteiger partial charge in [-0.1, -0.05) is 6.92 Å². The minimum atomic E-state index is -0.739. The summed E-state index contributed by atoms with van der Waals surface area (Å²) in [6.45, 7) is 2.01. The molecule has 58 valence electrons. The average molecular weight is 143 g/mol. The number of hydrogen-bond acceptors (Lipinski definition) is 2. The summed E-state index contributed by atoms with van der Waals surface area (Å²) in [5.74, 6) is -0.659. The molecule has 0 saturated heterocycles. The molecule has 0 aliphatic heterocycles. The van der Waals surface area contributed by atoms with Crippen molar-refractivity contribution in [3.63, 3.8) is 0 Å². The molecular weight excluding hydrogens is 130 g/mol. The molecule has 10 heavy (non-hydrogen) atoms. The van der Waals surface area contributed by atoms with Gasteiger partial charge < -0.3 is 10.8 Å². The fourth-order valence-electron chi connectivity index (χ4n) is 1.51. The monoisotopic (exact) mass is 143 g/mol. The highest BCUT2D eigenvalue weighted by atomic mass is 16.4. The van der Waals surface area contributed by atoms with Crippen LogP contribution in [0, 0.1) is 11.8 Å². The van der Waals surface area contributed by atoms with Crippen LogP contribution in [0.4, 0.5) is 0 Å². The molecule has 0 unspecified atom stereocenters. The second-order valence-corrected chi connectivity index (χ2v) is 3.08. The highest BCUT2D eigenvalue weighted by Crippen LogP contribution is 2.29. The Balaban J connectivity index is 2.57. The van der Waals surface area contributed by atoms with Gasteiger partial charge in [-0.25, -0.2) is 0 Å². The van der Waals surface area contributed by atoms with Crippen molar-refractivity contribution in [2.24, 2.45) is 17.6 Å². The number of carbonyl (C=O) groups is 1. The average Bonchev–Trinajstić information content (AvgIpc) is 2.14. The number of carboxylic acids is 1. The maximum Gasteiger partial charge on any atom is 0.308 e. The molecule has 0 amide bonds. The summed E-state index contributed by atoms with van der Waals surface area (Å²) in [6, 6.07) is -0.127. The van der Waals surface area contributed by atoms with Crippen LogP contribution >= 0.6 is 0 Å². The Bertz CT molecular complexity index is 147. The van der Waals surface area contributed by atoms with Crippen molar-refractivity contribution >= 4 is 5.97 Å². The van der Waals surface area contributed by atoms with Crippen molar-refractivity contribution in [1.29, 1.82) is 0 Å². The summed E-state index contributed by atoms with van der Waals surface area (Å²) < 4.78 is 0. The summed E-state index contributed by atoms with van der Waals surface area (Å²) in [5.41, 5.74) is 5.64. The number of carboxylic acid groups (broad SMARTS) is 1. The van der Waals surface area contributed by atoms with E-state index >= 15 is 0 Å². The predicted molar refractivity (Wildman–Crippen MR) is 37.5 cm³/mol. The van der Waals surface area contributed by atoms with E-state index in [4.69, 9.17) is 10.8 Å². The standard InChI is InChI=1S/C7H13NO2/c1-4-2-3-5(6(4)8)7(9)10/h4-6H,2-3,8H2,1H3,(H,9,10)/t4-,5+,6-/m1/s1. The van der Waals surface area contributed by atoms with E-state index in [1.165, 1.54) is 0 Å². The van der Waals surface area contributed by atoms with Gasteiger partial charge in [0.2, 0.25) is 0 Å². The molecule has 0 aromatic heterocycles. The zero-order chi connectivity index (χ0) is 7.72. The fraction of sp³-hybridized carbons (Fsp3) is 0.857. The van der Waals surface area contributed by atoms with Crippen LogP contribution in [0.3, 0.4) is 0 Å². The second-order valence-electron chi connectivity index (χ2n) is 3.08. The third kappa shape index (κ3) is 1.14. The van der Waals surface area contributed by atoms with Crippen LogP contribution in [0.15, 0.2) is 0 Å². The summed E-state index contributed by atoms with van der Waals surface area (Å²) in [6.07, 6.45) is 1.70. The van der Waals surface area contributed by atoms with Crippen molar-refractivity contribution < 1.29 is 9.90 Å². The maximum absolute atomic E-state index is 10.5. The zero-order valence-electron chi connectivity index (χ0n) is 6.08. The second kappa shape index (κ2) is 2.58. The first-order valence-electron chi connectivity index (χ1n) is 3.61. The SMILES string of the molecule is C[C@@H]1CC[C@H](C(=O)O)[C@@H]1N. The van der Waals surface area contributed by atoms with Gasteiger partial charge in [-0.3, -0.25) is 4.79 Å². The molecule has 1 aliphatic rings. The Morgan fingerprint density at radius 2 is 2.20 bits per heavy atom. The lowest BCUT2D eigenvalue weighted by atomic mass is 10.0. The molecule has 3 N–H and O–H groups in total. The molecule has 3 atom stereocenters. The predicted octanol–water partition coefficient (Wildman–Crippen LogP) is 0.444. The van der Waals surface area contributed by atoms with Crippen LogP contribution in [-0.2, 0) is 4.79 Å². The number of rotatable bonds is 1. The lowest BCUT2D eigenvalue weighted by molar-refractivity contribution is -0.142. The minimum absolute atomic E-state index is 0.127. The molecule has 3 nitrogen and oxygen atoms in total. The number of nitrogens with two attached hydrogens (primary N) is 1. The van der Waals surface area contributed by atoms with E-state index in [9.17, 15) is 4.79 Å². The van der Waals surface area contributed by atoms with E-state index in [1.54, 1.807) is 0 Å². The largest absolute Gasteiger partial charge is 0.481 e. The Labute approximate surface area is 60.2 Å². The molecule has 0 bridgehead atoms. The van der Waals surface area contributed by atoms with E-state index in [0.29, 0.717) is 5.92 Å². The lowest BCUT2D eigenvalue weighted by Gasteiger charge is -2.12. The molecule has 1 aliphatic carbocycles. The van der Waals surface area contributed by atoms with Crippen molar-refractivity contribution in [2.75, 3.05) is 0 Å². The van der Waals surface area contributed by atoms with E-state index in [1.807, 2.05) is 6.92 Å². The number of aliphatic carboxylic acids is 1. The van der Waals surface area contributed by atoms with Crippen molar-refractivity contribution in [3.05, 3.63) is 0 Å². The fourth-order valence-corrected chi connectivity index (χ4v) is 1.51. The maximum atomic E-state index is 10.5. The molecule has 1 rings (SSSR count). The van der Waals surface area contributed by atoms with Crippen molar-refractivity contribution in [1.82, 2.24) is 0 Å². The first-order valence-corrected chi connectivity index (χ1v) is 3.61. The van der Waals surface area contributed by atoms with E-state index < -0.39 is 5.97 Å². The van der Waals surface area contributed by atoms with Gasteiger partial charge in [-0.15, -0.1) is 0 Å². The molecular formula is C7H13NO2. The third-order valence-electron chi connectivity index (χ3n) is 2.37. The van der Waals surface area contributed by atoms with Gasteiger partial charge in [0, 0.05) is 6.04 Å². The normalized spacial score (nSPS) is 40.0. The highest BCUT2D eigenvalue weighted by Gasteiger charge is 2.34. The highest BCUT2D eigenvalue weighted by molar-refractivity contribution is 5.71. The Kier molecular flexibility index (Phi) is 1.94. The summed E-state index contributed by atoms with van der Waals surface area (Å²) in [4.78, 5) is 10.5. The van der Waals surface area contributed by atoms with Gasteiger partial charge in [0.25, 0.3) is 0 Å². The van der Waals surface area contributed by atoms with Gasteiger partial charge in [0.05, 0.1) is 5.92 Å². The first kappa shape index (κ1) is 7.54. The van der Waals surface area contributed by atoms with E-state index in [-0.39, 0.29) is 12.0 Å². The molecule has 0 heterocycles. The molecule has 0 aromatic carbocycles. The molecule has 1 saturated carbocycles. The molecule has 0 radical (unpaired) electrons. The van der Waals surface area contributed by atoms with Crippen LogP contribution in [0.1, 0.15) is 19.8 Å². The summed E-state index contributed by atoms with van der Waals surface area (Å²) in [5, 5.41) is 8.62. The van der Waals surface area contributed by atoms with Crippen LogP contribution < -0.4 is 5.73 Å². The summed E-state index contributed by atoms with van der Waals surface area (Å²) in [7, 11) is 0. The molecule has 1 fully saturated rings. The van der Waals surface area contributed by atoms with Gasteiger partial charge in [-0.05, 0) is 18.8 Å². The Morgan fingerprint density at radius 1 is 1.60 bits per heavy atom. The van der Waals surface area contributed by atoms with Crippen LogP contribution in [-0.4, -0.2) is 17.1 Å².